The Morgan fingerprint density at radius 1 is 0.906 bits per heavy atom. The van der Waals surface area contributed by atoms with Gasteiger partial charge in [-0.15, -0.1) is 0 Å². The molecule has 0 aromatic heterocycles. The van der Waals surface area contributed by atoms with Crippen LogP contribution in [0.4, 0.5) is 0 Å². The van der Waals surface area contributed by atoms with Gasteiger partial charge in [-0.1, -0.05) is 75.4 Å². The van der Waals surface area contributed by atoms with Crippen LogP contribution in [0.15, 0.2) is 48.5 Å². The van der Waals surface area contributed by atoms with Crippen LogP contribution in [0.1, 0.15) is 76.7 Å². The predicted octanol–water partition coefficient (Wildman–Crippen LogP) is 6.64. The fourth-order valence-corrected chi connectivity index (χ4v) is 4.55. The van der Waals surface area contributed by atoms with E-state index >= 15 is 0 Å². The first kappa shape index (κ1) is 24.3. The van der Waals surface area contributed by atoms with Gasteiger partial charge in [-0.05, 0) is 60.9 Å². The number of esters is 1. The van der Waals surface area contributed by atoms with Crippen molar-refractivity contribution in [3.05, 3.63) is 54.1 Å². The molecule has 32 heavy (non-hydrogen) atoms. The molecule has 0 spiro atoms. The van der Waals surface area contributed by atoms with E-state index in [1.165, 1.54) is 25.7 Å². The second kappa shape index (κ2) is 12.1. The molecule has 2 aromatic rings. The summed E-state index contributed by atoms with van der Waals surface area (Å²) in [5, 5.41) is 11.2. The minimum Gasteiger partial charge on any atom is -0.497 e. The SMILES string of the molecule is CCCCCCCCOC(=O)C1CCC(O)(c2ccc(-c3ccc(OC)cc3)cc2)CC1. The molecule has 0 saturated heterocycles. The van der Waals surface area contributed by atoms with E-state index in [9.17, 15) is 9.90 Å². The maximum Gasteiger partial charge on any atom is 0.308 e. The molecule has 4 nitrogen and oxygen atoms in total. The van der Waals surface area contributed by atoms with Crippen molar-refractivity contribution in [2.45, 2.75) is 76.7 Å². The Hall–Kier alpha value is -2.33. The van der Waals surface area contributed by atoms with Crippen LogP contribution >= 0.6 is 0 Å². The van der Waals surface area contributed by atoms with Crippen molar-refractivity contribution in [3.8, 4) is 16.9 Å². The van der Waals surface area contributed by atoms with Crippen LogP contribution in [-0.2, 0) is 15.1 Å². The van der Waals surface area contributed by atoms with Gasteiger partial charge in [0.1, 0.15) is 5.75 Å². The molecule has 1 aliphatic carbocycles. The third-order valence-electron chi connectivity index (χ3n) is 6.73. The molecule has 0 unspecified atom stereocenters. The molecule has 0 amide bonds. The second-order valence-electron chi connectivity index (χ2n) is 9.05. The highest BCUT2D eigenvalue weighted by Crippen LogP contribution is 2.40. The van der Waals surface area contributed by atoms with Crippen molar-refractivity contribution in [2.24, 2.45) is 5.92 Å². The maximum atomic E-state index is 12.4. The lowest BCUT2D eigenvalue weighted by molar-refractivity contribution is -0.152. The monoisotopic (exact) mass is 438 g/mol. The first-order chi connectivity index (χ1) is 15.6. The summed E-state index contributed by atoms with van der Waals surface area (Å²) in [6.07, 6.45) is 9.63. The second-order valence-corrected chi connectivity index (χ2v) is 9.05. The third kappa shape index (κ3) is 6.59. The summed E-state index contributed by atoms with van der Waals surface area (Å²) in [4.78, 5) is 12.4. The van der Waals surface area contributed by atoms with Crippen molar-refractivity contribution in [1.29, 1.82) is 0 Å². The molecular formula is C28H38O4. The van der Waals surface area contributed by atoms with E-state index in [0.29, 0.717) is 32.3 Å². The average molecular weight is 439 g/mol. The Morgan fingerprint density at radius 2 is 1.47 bits per heavy atom. The molecule has 1 N–H and O–H groups in total. The van der Waals surface area contributed by atoms with E-state index in [1.54, 1.807) is 7.11 Å². The molecule has 4 heteroatoms. The van der Waals surface area contributed by atoms with E-state index in [-0.39, 0.29) is 11.9 Å². The van der Waals surface area contributed by atoms with Crippen LogP contribution in [0.3, 0.4) is 0 Å². The Labute approximate surface area is 193 Å². The van der Waals surface area contributed by atoms with Gasteiger partial charge in [0.15, 0.2) is 0 Å². The number of ether oxygens (including phenoxy) is 2. The summed E-state index contributed by atoms with van der Waals surface area (Å²) in [5.41, 5.74) is 2.27. The standard InChI is InChI=1S/C28H38O4/c1-3-4-5-6-7-8-21-32-27(29)24-17-19-28(30,20-18-24)25-13-9-22(10-14-25)23-11-15-26(31-2)16-12-23/h9-16,24,30H,3-8,17-21H2,1-2H3. The lowest BCUT2D eigenvalue weighted by atomic mass is 9.75. The van der Waals surface area contributed by atoms with Gasteiger partial charge in [0.2, 0.25) is 0 Å². The summed E-state index contributed by atoms with van der Waals surface area (Å²) in [5.74, 6) is 0.659. The molecule has 0 aliphatic heterocycles. The highest BCUT2D eigenvalue weighted by Gasteiger charge is 2.37. The number of rotatable bonds is 11. The molecule has 1 fully saturated rings. The lowest BCUT2D eigenvalue weighted by Gasteiger charge is -2.35. The van der Waals surface area contributed by atoms with Gasteiger partial charge >= 0.3 is 5.97 Å². The first-order valence-corrected chi connectivity index (χ1v) is 12.2. The summed E-state index contributed by atoms with van der Waals surface area (Å²) < 4.78 is 10.7. The number of unbranched alkanes of at least 4 members (excludes halogenated alkanes) is 5. The zero-order valence-corrected chi connectivity index (χ0v) is 19.6. The van der Waals surface area contributed by atoms with Crippen LogP contribution in [-0.4, -0.2) is 24.8 Å². The van der Waals surface area contributed by atoms with Gasteiger partial charge in [-0.25, -0.2) is 0 Å². The topological polar surface area (TPSA) is 55.8 Å². The van der Waals surface area contributed by atoms with E-state index in [1.807, 2.05) is 36.4 Å². The van der Waals surface area contributed by atoms with E-state index < -0.39 is 5.60 Å². The Balaban J connectivity index is 1.46. The van der Waals surface area contributed by atoms with Gasteiger partial charge in [-0.3, -0.25) is 4.79 Å². The van der Waals surface area contributed by atoms with Gasteiger partial charge in [-0.2, -0.15) is 0 Å². The Morgan fingerprint density at radius 3 is 2.06 bits per heavy atom. The van der Waals surface area contributed by atoms with Crippen molar-refractivity contribution < 1.29 is 19.4 Å². The molecular weight excluding hydrogens is 400 g/mol. The summed E-state index contributed by atoms with van der Waals surface area (Å²) in [6, 6.07) is 16.1. The lowest BCUT2D eigenvalue weighted by Crippen LogP contribution is -2.34. The maximum absolute atomic E-state index is 12.4. The molecule has 0 heterocycles. The fraction of sp³-hybridized carbons (Fsp3) is 0.536. The number of aliphatic hydroxyl groups is 1. The number of benzene rings is 2. The number of carbonyl (C=O) groups is 1. The molecule has 1 saturated carbocycles. The van der Waals surface area contributed by atoms with Crippen LogP contribution in [0.25, 0.3) is 11.1 Å². The van der Waals surface area contributed by atoms with Crippen LogP contribution in [0, 0.1) is 5.92 Å². The smallest absolute Gasteiger partial charge is 0.308 e. The third-order valence-corrected chi connectivity index (χ3v) is 6.73. The van der Waals surface area contributed by atoms with Crippen molar-refractivity contribution in [3.63, 3.8) is 0 Å². The molecule has 3 rings (SSSR count). The minimum atomic E-state index is -0.867. The van der Waals surface area contributed by atoms with E-state index in [4.69, 9.17) is 9.47 Å². The molecule has 0 bridgehead atoms. The molecule has 1 aliphatic rings. The minimum absolute atomic E-state index is 0.0875. The van der Waals surface area contributed by atoms with Crippen molar-refractivity contribution >= 4 is 5.97 Å². The highest BCUT2D eigenvalue weighted by atomic mass is 16.5. The number of hydrogen-bond donors (Lipinski definition) is 1. The highest BCUT2D eigenvalue weighted by molar-refractivity contribution is 5.72. The Bertz CT molecular complexity index is 818. The van der Waals surface area contributed by atoms with Crippen LogP contribution < -0.4 is 4.74 Å². The average Bonchev–Trinajstić information content (AvgIpc) is 2.84. The van der Waals surface area contributed by atoms with Crippen molar-refractivity contribution in [1.82, 2.24) is 0 Å². The number of methoxy groups -OCH3 is 1. The number of carbonyl (C=O) groups excluding carboxylic acids is 1. The van der Waals surface area contributed by atoms with Gasteiger partial charge in [0, 0.05) is 0 Å². The Kier molecular flexibility index (Phi) is 9.16. The largest absolute Gasteiger partial charge is 0.497 e. The van der Waals surface area contributed by atoms with Crippen LogP contribution in [0.5, 0.6) is 5.75 Å². The predicted molar refractivity (Wildman–Crippen MR) is 129 cm³/mol. The first-order valence-electron chi connectivity index (χ1n) is 12.2. The van der Waals surface area contributed by atoms with E-state index in [0.717, 1.165) is 35.3 Å². The zero-order valence-electron chi connectivity index (χ0n) is 19.6. The van der Waals surface area contributed by atoms with Gasteiger partial charge in [0.05, 0.1) is 25.2 Å². The summed E-state index contributed by atoms with van der Waals surface area (Å²) in [7, 11) is 1.66. The summed E-state index contributed by atoms with van der Waals surface area (Å²) in [6.45, 7) is 2.74. The van der Waals surface area contributed by atoms with Crippen molar-refractivity contribution in [2.75, 3.05) is 13.7 Å². The quantitative estimate of drug-likeness (QED) is 0.315. The zero-order chi connectivity index (χ0) is 22.8. The fourth-order valence-electron chi connectivity index (χ4n) is 4.55. The number of hydrogen-bond acceptors (Lipinski definition) is 4. The van der Waals surface area contributed by atoms with Gasteiger partial charge in [0.25, 0.3) is 0 Å². The normalized spacial score (nSPS) is 20.7. The summed E-state index contributed by atoms with van der Waals surface area (Å²) >= 11 is 0. The van der Waals surface area contributed by atoms with Crippen LogP contribution in [0.2, 0.25) is 0 Å². The molecule has 2 aromatic carbocycles. The van der Waals surface area contributed by atoms with E-state index in [2.05, 4.69) is 19.1 Å². The molecule has 0 atom stereocenters. The molecule has 174 valence electrons. The molecule has 0 radical (unpaired) electrons. The van der Waals surface area contributed by atoms with Gasteiger partial charge < -0.3 is 14.6 Å².